The van der Waals surface area contributed by atoms with E-state index in [4.69, 9.17) is 9.81 Å². The molecule has 0 aliphatic rings. The molecule has 2 rings (SSSR count). The fraction of sp³-hybridized carbons (Fsp3) is 0.0909. The highest BCUT2D eigenvalue weighted by atomic mass is 16.3. The average Bonchev–Trinajstić information content (AvgIpc) is 2.62. The second-order valence-corrected chi connectivity index (χ2v) is 3.17. The lowest BCUT2D eigenvalue weighted by atomic mass is 10.1. The molecule has 0 radical (unpaired) electrons. The maximum absolute atomic E-state index is 9.35. The molecule has 0 spiro atoms. The molecule has 74 valence electrons. The van der Waals surface area contributed by atoms with Gasteiger partial charge in [-0.05, 0) is 6.07 Å². The van der Waals surface area contributed by atoms with Crippen molar-refractivity contribution >= 4 is 11.0 Å². The van der Waals surface area contributed by atoms with E-state index in [1.54, 1.807) is 6.26 Å². The summed E-state index contributed by atoms with van der Waals surface area (Å²) in [6.07, 6.45) is 2.88. The Morgan fingerprint density at radius 1 is 1.47 bits per heavy atom. The Labute approximate surface area is 86.1 Å². The van der Waals surface area contributed by atoms with Gasteiger partial charge in [0, 0.05) is 17.4 Å². The van der Waals surface area contributed by atoms with Gasteiger partial charge in [0.15, 0.2) is 10.7 Å². The van der Waals surface area contributed by atoms with E-state index in [2.05, 4.69) is 4.98 Å². The van der Waals surface area contributed by atoms with Crippen molar-refractivity contribution in [2.45, 2.75) is 6.42 Å². The lowest BCUT2D eigenvalue weighted by Gasteiger charge is -1.92. The van der Waals surface area contributed by atoms with Crippen molar-refractivity contribution < 1.29 is 9.52 Å². The fourth-order valence-electron chi connectivity index (χ4n) is 1.48. The SMILES string of the molecule is N#[N+]/C=C(/O)Cc1coc2ccccc12. The van der Waals surface area contributed by atoms with Crippen LogP contribution in [-0.2, 0) is 6.42 Å². The van der Waals surface area contributed by atoms with Crippen molar-refractivity contribution in [3.63, 3.8) is 0 Å². The van der Waals surface area contributed by atoms with E-state index in [0.717, 1.165) is 22.7 Å². The standard InChI is InChI=1S/C11H8N2O2/c12-13-6-9(14)5-8-7-15-11-4-2-1-3-10(8)11/h1-4,6-7H,5H2/p+1/b9-6+. The second-order valence-electron chi connectivity index (χ2n) is 3.17. The average molecular weight is 201 g/mol. The Kier molecular flexibility index (Phi) is 2.38. The Hall–Kier alpha value is -2.28. The van der Waals surface area contributed by atoms with Crippen LogP contribution < -0.4 is 0 Å². The summed E-state index contributed by atoms with van der Waals surface area (Å²) in [6, 6.07) is 7.56. The molecule has 0 unspecified atom stereocenters. The number of furan rings is 1. The van der Waals surface area contributed by atoms with Gasteiger partial charge < -0.3 is 9.52 Å². The van der Waals surface area contributed by atoms with Crippen molar-refractivity contribution in [3.05, 3.63) is 53.0 Å². The van der Waals surface area contributed by atoms with Crippen LogP contribution in [0.15, 0.2) is 46.9 Å². The zero-order chi connectivity index (χ0) is 10.7. The van der Waals surface area contributed by atoms with Gasteiger partial charge in [0.05, 0.1) is 6.26 Å². The third-order valence-electron chi connectivity index (χ3n) is 2.14. The molecule has 0 saturated heterocycles. The van der Waals surface area contributed by atoms with Crippen LogP contribution in [0.1, 0.15) is 5.56 Å². The summed E-state index contributed by atoms with van der Waals surface area (Å²) >= 11 is 0. The number of rotatable bonds is 2. The Balaban J connectivity index is 2.38. The van der Waals surface area contributed by atoms with Crippen molar-refractivity contribution in [2.75, 3.05) is 0 Å². The Morgan fingerprint density at radius 2 is 2.27 bits per heavy atom. The van der Waals surface area contributed by atoms with E-state index >= 15 is 0 Å². The molecule has 0 atom stereocenters. The molecule has 4 heteroatoms. The third kappa shape index (κ3) is 1.81. The summed E-state index contributed by atoms with van der Waals surface area (Å²) in [5.41, 5.74) is 1.64. The van der Waals surface area contributed by atoms with Gasteiger partial charge in [0.1, 0.15) is 5.58 Å². The molecule has 0 amide bonds. The summed E-state index contributed by atoms with van der Waals surface area (Å²) in [5.74, 6) is -0.0101. The van der Waals surface area contributed by atoms with E-state index in [-0.39, 0.29) is 5.76 Å². The number of diazo groups is 1. The molecule has 1 N–H and O–H groups in total. The number of fused-ring (bicyclic) bond motifs is 1. The van der Waals surface area contributed by atoms with Gasteiger partial charge >= 0.3 is 6.20 Å². The zero-order valence-electron chi connectivity index (χ0n) is 7.92. The minimum Gasteiger partial charge on any atom is -0.505 e. The second kappa shape index (κ2) is 3.84. The summed E-state index contributed by atoms with van der Waals surface area (Å²) in [4.78, 5) is 2.75. The first kappa shape index (κ1) is 9.28. The van der Waals surface area contributed by atoms with Crippen LogP contribution in [0.2, 0.25) is 0 Å². The maximum atomic E-state index is 9.35. The number of hydrogen-bond donors (Lipinski definition) is 1. The quantitative estimate of drug-likeness (QED) is 0.599. The summed E-state index contributed by atoms with van der Waals surface area (Å²) in [7, 11) is 0. The van der Waals surface area contributed by atoms with Gasteiger partial charge in [-0.2, -0.15) is 0 Å². The number of aliphatic hydroxyl groups excluding tert-OH is 1. The Bertz CT molecular complexity index is 549. The highest BCUT2D eigenvalue weighted by Gasteiger charge is 2.08. The largest absolute Gasteiger partial charge is 0.505 e. The number of nitrogens with zero attached hydrogens (tertiary/aromatic N) is 2. The van der Waals surface area contributed by atoms with Crippen LogP contribution in [0.5, 0.6) is 0 Å². The van der Waals surface area contributed by atoms with Gasteiger partial charge in [-0.15, -0.1) is 0 Å². The van der Waals surface area contributed by atoms with Gasteiger partial charge in [-0.1, -0.05) is 18.2 Å². The highest BCUT2D eigenvalue weighted by Crippen LogP contribution is 2.22. The van der Waals surface area contributed by atoms with E-state index in [9.17, 15) is 5.11 Å². The first-order valence-corrected chi connectivity index (χ1v) is 4.48. The van der Waals surface area contributed by atoms with Gasteiger partial charge in [-0.3, -0.25) is 0 Å². The maximum Gasteiger partial charge on any atom is 0.387 e. The van der Waals surface area contributed by atoms with Crippen LogP contribution in [0.25, 0.3) is 15.9 Å². The summed E-state index contributed by atoms with van der Waals surface area (Å²) in [6.45, 7) is 0. The fourth-order valence-corrected chi connectivity index (χ4v) is 1.48. The van der Waals surface area contributed by atoms with Crippen molar-refractivity contribution in [2.24, 2.45) is 0 Å². The third-order valence-corrected chi connectivity index (χ3v) is 2.14. The first-order chi connectivity index (χ1) is 7.31. The summed E-state index contributed by atoms with van der Waals surface area (Å²) < 4.78 is 5.30. The molecule has 0 bridgehead atoms. The molecule has 0 saturated carbocycles. The monoisotopic (exact) mass is 201 g/mol. The van der Waals surface area contributed by atoms with E-state index < -0.39 is 0 Å². The molecule has 1 heterocycles. The molecule has 0 aliphatic heterocycles. The highest BCUT2D eigenvalue weighted by molar-refractivity contribution is 5.81. The molecule has 4 nitrogen and oxygen atoms in total. The molecular weight excluding hydrogens is 192 g/mol. The topological polar surface area (TPSA) is 61.5 Å². The van der Waals surface area contributed by atoms with Crippen LogP contribution in [0.3, 0.4) is 0 Å². The van der Waals surface area contributed by atoms with E-state index in [1.807, 2.05) is 24.3 Å². The number of para-hydroxylation sites is 1. The minimum atomic E-state index is -0.0101. The van der Waals surface area contributed by atoms with Crippen molar-refractivity contribution in [1.29, 1.82) is 5.39 Å². The number of allylic oxidation sites excluding steroid dienone is 1. The number of benzene rings is 1. The molecular formula is C11H9N2O2+. The van der Waals surface area contributed by atoms with Gasteiger partial charge in [-0.25, -0.2) is 0 Å². The summed E-state index contributed by atoms with van der Waals surface area (Å²) in [5, 5.41) is 18.5. The van der Waals surface area contributed by atoms with Crippen LogP contribution in [0, 0.1) is 5.39 Å². The van der Waals surface area contributed by atoms with E-state index in [1.165, 1.54) is 0 Å². The molecule has 0 aliphatic carbocycles. The van der Waals surface area contributed by atoms with Crippen molar-refractivity contribution in [3.8, 4) is 0 Å². The predicted octanol–water partition coefficient (Wildman–Crippen LogP) is 3.23. The lowest BCUT2D eigenvalue weighted by molar-refractivity contribution is 0.398. The number of aliphatic hydroxyl groups is 1. The van der Waals surface area contributed by atoms with E-state index in [0.29, 0.717) is 6.42 Å². The molecule has 1 aromatic carbocycles. The minimum absolute atomic E-state index is 0.0101. The normalized spacial score (nSPS) is 11.5. The molecule has 15 heavy (non-hydrogen) atoms. The number of hydrogen-bond acceptors (Lipinski definition) is 3. The molecule has 2 aromatic rings. The first-order valence-electron chi connectivity index (χ1n) is 4.48. The molecule has 0 fully saturated rings. The zero-order valence-corrected chi connectivity index (χ0v) is 7.92. The molecule has 1 aromatic heterocycles. The predicted molar refractivity (Wildman–Crippen MR) is 55.7 cm³/mol. The van der Waals surface area contributed by atoms with Gasteiger partial charge in [0.2, 0.25) is 5.39 Å². The smallest absolute Gasteiger partial charge is 0.387 e. The Morgan fingerprint density at radius 3 is 3.07 bits per heavy atom. The lowest BCUT2D eigenvalue weighted by Crippen LogP contribution is -1.86. The van der Waals surface area contributed by atoms with Crippen LogP contribution in [0.4, 0.5) is 0 Å². The van der Waals surface area contributed by atoms with Gasteiger partial charge in [0.25, 0.3) is 0 Å². The van der Waals surface area contributed by atoms with Crippen LogP contribution in [-0.4, -0.2) is 5.11 Å². The van der Waals surface area contributed by atoms with Crippen LogP contribution >= 0.6 is 0 Å². The van der Waals surface area contributed by atoms with Crippen molar-refractivity contribution in [1.82, 2.24) is 0 Å².